The van der Waals surface area contributed by atoms with Crippen molar-refractivity contribution in [3.05, 3.63) is 18.0 Å². The SMILES string of the molecule is CN(C)CCC(NN)c1ccn(C)n1. The first-order valence-electron chi connectivity index (χ1n) is 4.74. The van der Waals surface area contributed by atoms with Gasteiger partial charge in [-0.15, -0.1) is 0 Å². The molecule has 1 aromatic rings. The highest BCUT2D eigenvalue weighted by Gasteiger charge is 2.12. The number of nitrogens with zero attached hydrogens (tertiary/aromatic N) is 3. The third-order valence-corrected chi connectivity index (χ3v) is 2.16. The molecule has 1 unspecified atom stereocenters. The van der Waals surface area contributed by atoms with Gasteiger partial charge in [-0.3, -0.25) is 16.0 Å². The number of hydrazine groups is 1. The normalized spacial score (nSPS) is 13.5. The zero-order chi connectivity index (χ0) is 10.6. The Labute approximate surface area is 84.8 Å². The molecule has 0 aliphatic heterocycles. The summed E-state index contributed by atoms with van der Waals surface area (Å²) in [6, 6.07) is 2.12. The van der Waals surface area contributed by atoms with Crippen molar-refractivity contribution in [3.63, 3.8) is 0 Å². The number of aromatic nitrogens is 2. The van der Waals surface area contributed by atoms with Gasteiger partial charge in [0.25, 0.3) is 0 Å². The summed E-state index contributed by atoms with van der Waals surface area (Å²) in [5.74, 6) is 5.48. The molecule has 1 rings (SSSR count). The summed E-state index contributed by atoms with van der Waals surface area (Å²) in [6.45, 7) is 0.992. The Morgan fingerprint density at radius 1 is 1.64 bits per heavy atom. The van der Waals surface area contributed by atoms with Crippen LogP contribution in [-0.2, 0) is 7.05 Å². The average molecular weight is 197 g/mol. The molecule has 0 fully saturated rings. The van der Waals surface area contributed by atoms with Crippen molar-refractivity contribution in [1.82, 2.24) is 20.1 Å². The molecule has 80 valence electrons. The van der Waals surface area contributed by atoms with Crippen LogP contribution in [0.15, 0.2) is 12.3 Å². The van der Waals surface area contributed by atoms with Crippen LogP contribution in [0.4, 0.5) is 0 Å². The van der Waals surface area contributed by atoms with Crippen LogP contribution in [0.1, 0.15) is 18.2 Å². The van der Waals surface area contributed by atoms with E-state index in [1.165, 1.54) is 0 Å². The third kappa shape index (κ3) is 3.10. The van der Waals surface area contributed by atoms with Gasteiger partial charge in [0.2, 0.25) is 0 Å². The first kappa shape index (κ1) is 11.2. The van der Waals surface area contributed by atoms with Crippen molar-refractivity contribution in [2.75, 3.05) is 20.6 Å². The number of rotatable bonds is 5. The molecule has 0 aromatic carbocycles. The zero-order valence-electron chi connectivity index (χ0n) is 9.07. The minimum atomic E-state index is 0.138. The molecule has 3 N–H and O–H groups in total. The van der Waals surface area contributed by atoms with E-state index in [0.717, 1.165) is 18.7 Å². The second kappa shape index (κ2) is 5.09. The Kier molecular flexibility index (Phi) is 4.06. The first-order valence-corrected chi connectivity index (χ1v) is 4.74. The Morgan fingerprint density at radius 3 is 2.79 bits per heavy atom. The summed E-state index contributed by atoms with van der Waals surface area (Å²) in [7, 11) is 6.00. The molecule has 1 atom stereocenters. The van der Waals surface area contributed by atoms with Crippen LogP contribution >= 0.6 is 0 Å². The monoisotopic (exact) mass is 197 g/mol. The van der Waals surface area contributed by atoms with E-state index in [1.54, 1.807) is 4.68 Å². The van der Waals surface area contributed by atoms with Gasteiger partial charge in [0, 0.05) is 13.2 Å². The van der Waals surface area contributed by atoms with Crippen LogP contribution in [0.2, 0.25) is 0 Å². The van der Waals surface area contributed by atoms with Crippen molar-refractivity contribution < 1.29 is 0 Å². The lowest BCUT2D eigenvalue weighted by molar-refractivity contribution is 0.359. The van der Waals surface area contributed by atoms with Crippen molar-refractivity contribution in [2.24, 2.45) is 12.9 Å². The van der Waals surface area contributed by atoms with E-state index in [4.69, 9.17) is 5.84 Å². The minimum absolute atomic E-state index is 0.138. The fourth-order valence-corrected chi connectivity index (χ4v) is 1.32. The Balaban J connectivity index is 2.54. The maximum atomic E-state index is 5.48. The fraction of sp³-hybridized carbons (Fsp3) is 0.667. The molecule has 0 aliphatic carbocycles. The summed E-state index contributed by atoms with van der Waals surface area (Å²) in [6.07, 6.45) is 2.88. The molecule has 0 saturated carbocycles. The number of aryl methyl sites for hydroxylation is 1. The lowest BCUT2D eigenvalue weighted by Gasteiger charge is -2.16. The van der Waals surface area contributed by atoms with Gasteiger partial charge in [0.05, 0.1) is 11.7 Å². The molecular weight excluding hydrogens is 178 g/mol. The highest BCUT2D eigenvalue weighted by atomic mass is 15.3. The Bertz CT molecular complexity index is 268. The predicted molar refractivity (Wildman–Crippen MR) is 56.4 cm³/mol. The molecule has 0 saturated heterocycles. The van der Waals surface area contributed by atoms with Gasteiger partial charge in [0.15, 0.2) is 0 Å². The Hall–Kier alpha value is -0.910. The molecule has 0 aliphatic rings. The van der Waals surface area contributed by atoms with Gasteiger partial charge < -0.3 is 4.90 Å². The lowest BCUT2D eigenvalue weighted by atomic mass is 10.1. The van der Waals surface area contributed by atoms with E-state index in [1.807, 2.05) is 33.4 Å². The van der Waals surface area contributed by atoms with E-state index in [2.05, 4.69) is 15.4 Å². The van der Waals surface area contributed by atoms with Crippen molar-refractivity contribution in [2.45, 2.75) is 12.5 Å². The molecular formula is C9H19N5. The third-order valence-electron chi connectivity index (χ3n) is 2.16. The topological polar surface area (TPSA) is 59.1 Å². The van der Waals surface area contributed by atoms with Crippen LogP contribution < -0.4 is 11.3 Å². The molecule has 0 radical (unpaired) electrons. The maximum Gasteiger partial charge on any atom is 0.0807 e. The molecule has 5 heteroatoms. The van der Waals surface area contributed by atoms with Gasteiger partial charge in [-0.25, -0.2) is 0 Å². The zero-order valence-corrected chi connectivity index (χ0v) is 9.07. The standard InChI is InChI=1S/C9H19N5/c1-13(2)6-4-8(11-10)9-5-7-14(3)12-9/h5,7-8,11H,4,6,10H2,1-3H3. The van der Waals surface area contributed by atoms with Crippen LogP contribution in [0.25, 0.3) is 0 Å². The molecule has 5 nitrogen and oxygen atoms in total. The number of hydrogen-bond acceptors (Lipinski definition) is 4. The number of hydrogen-bond donors (Lipinski definition) is 2. The van der Waals surface area contributed by atoms with Crippen LogP contribution in [0.5, 0.6) is 0 Å². The van der Waals surface area contributed by atoms with E-state index in [-0.39, 0.29) is 6.04 Å². The molecule has 0 spiro atoms. The van der Waals surface area contributed by atoms with E-state index < -0.39 is 0 Å². The second-order valence-corrected chi connectivity index (χ2v) is 3.73. The maximum absolute atomic E-state index is 5.48. The second-order valence-electron chi connectivity index (χ2n) is 3.73. The van der Waals surface area contributed by atoms with Gasteiger partial charge in [-0.05, 0) is 33.1 Å². The first-order chi connectivity index (χ1) is 6.63. The highest BCUT2D eigenvalue weighted by molar-refractivity contribution is 5.04. The molecule has 1 aromatic heterocycles. The highest BCUT2D eigenvalue weighted by Crippen LogP contribution is 2.12. The van der Waals surface area contributed by atoms with Crippen LogP contribution in [-0.4, -0.2) is 35.3 Å². The summed E-state index contributed by atoms with van der Waals surface area (Å²) >= 11 is 0. The number of nitrogens with one attached hydrogen (secondary N) is 1. The fourth-order valence-electron chi connectivity index (χ4n) is 1.32. The van der Waals surface area contributed by atoms with Crippen molar-refractivity contribution in [3.8, 4) is 0 Å². The summed E-state index contributed by atoms with van der Waals surface area (Å²) in [5, 5.41) is 4.32. The number of nitrogens with two attached hydrogens (primary N) is 1. The van der Waals surface area contributed by atoms with Crippen molar-refractivity contribution in [1.29, 1.82) is 0 Å². The van der Waals surface area contributed by atoms with Crippen LogP contribution in [0.3, 0.4) is 0 Å². The van der Waals surface area contributed by atoms with E-state index in [0.29, 0.717) is 0 Å². The Morgan fingerprint density at radius 2 is 2.36 bits per heavy atom. The predicted octanol–water partition coefficient (Wildman–Crippen LogP) is -0.124. The molecule has 0 bridgehead atoms. The summed E-state index contributed by atoms with van der Waals surface area (Å²) in [5.41, 5.74) is 3.78. The molecule has 14 heavy (non-hydrogen) atoms. The lowest BCUT2D eigenvalue weighted by Crippen LogP contribution is -2.31. The van der Waals surface area contributed by atoms with Gasteiger partial charge in [-0.2, -0.15) is 5.10 Å². The van der Waals surface area contributed by atoms with E-state index >= 15 is 0 Å². The summed E-state index contributed by atoms with van der Waals surface area (Å²) in [4.78, 5) is 2.13. The average Bonchev–Trinajstić information content (AvgIpc) is 2.53. The molecule has 1 heterocycles. The molecule has 0 amide bonds. The van der Waals surface area contributed by atoms with Gasteiger partial charge >= 0.3 is 0 Å². The summed E-state index contributed by atoms with van der Waals surface area (Å²) < 4.78 is 1.79. The van der Waals surface area contributed by atoms with Crippen molar-refractivity contribution >= 4 is 0 Å². The van der Waals surface area contributed by atoms with E-state index in [9.17, 15) is 0 Å². The minimum Gasteiger partial charge on any atom is -0.309 e. The van der Waals surface area contributed by atoms with Crippen LogP contribution in [0, 0.1) is 0 Å². The smallest absolute Gasteiger partial charge is 0.0807 e. The van der Waals surface area contributed by atoms with Gasteiger partial charge in [-0.1, -0.05) is 0 Å². The quantitative estimate of drug-likeness (QED) is 0.510. The largest absolute Gasteiger partial charge is 0.309 e. The van der Waals surface area contributed by atoms with Gasteiger partial charge in [0.1, 0.15) is 0 Å².